The second-order valence-corrected chi connectivity index (χ2v) is 8.31. The molecule has 0 radical (unpaired) electrons. The van der Waals surface area contributed by atoms with Crippen molar-refractivity contribution in [3.63, 3.8) is 0 Å². The molecule has 7 nitrogen and oxygen atoms in total. The fourth-order valence-corrected chi connectivity index (χ4v) is 4.54. The summed E-state index contributed by atoms with van der Waals surface area (Å²) < 4.78 is 19.6. The molecule has 8 heteroatoms. The predicted octanol–water partition coefficient (Wildman–Crippen LogP) is 5.01. The van der Waals surface area contributed by atoms with Crippen LogP contribution in [0, 0.1) is 6.92 Å². The molecule has 0 N–H and O–H groups in total. The standard InChI is InChI=1S/C24H21N3O4S/c1-3-12-27-23(21-13-29-19-10-6-7-11-20(19)30-21)25-26-24(27)32-14-17(28)22-15(2)16-8-4-5-9-18(16)31-22/h3-11,21H,1,12-14H2,2H3. The van der Waals surface area contributed by atoms with Gasteiger partial charge in [0, 0.05) is 17.5 Å². The van der Waals surface area contributed by atoms with Crippen molar-refractivity contribution in [1.29, 1.82) is 0 Å². The van der Waals surface area contributed by atoms with Crippen LogP contribution in [-0.4, -0.2) is 32.9 Å². The lowest BCUT2D eigenvalue weighted by Crippen LogP contribution is -2.25. The average Bonchev–Trinajstić information content (AvgIpc) is 3.38. The van der Waals surface area contributed by atoms with Crippen molar-refractivity contribution in [2.75, 3.05) is 12.4 Å². The van der Waals surface area contributed by atoms with Crippen LogP contribution in [0.25, 0.3) is 11.0 Å². The number of para-hydroxylation sites is 3. The summed E-state index contributed by atoms with van der Waals surface area (Å²) in [6.07, 6.45) is 1.36. The second kappa shape index (κ2) is 8.55. The molecule has 3 heterocycles. The van der Waals surface area contributed by atoms with E-state index in [-0.39, 0.29) is 11.5 Å². The van der Waals surface area contributed by atoms with Crippen LogP contribution < -0.4 is 9.47 Å². The highest BCUT2D eigenvalue weighted by Gasteiger charge is 2.28. The molecule has 0 bridgehead atoms. The van der Waals surface area contributed by atoms with E-state index < -0.39 is 6.10 Å². The summed E-state index contributed by atoms with van der Waals surface area (Å²) in [7, 11) is 0. The molecule has 0 spiro atoms. The lowest BCUT2D eigenvalue weighted by atomic mass is 10.1. The van der Waals surface area contributed by atoms with Gasteiger partial charge in [-0.3, -0.25) is 9.36 Å². The third-order valence-electron chi connectivity index (χ3n) is 5.28. The molecule has 1 aliphatic rings. The molecular formula is C24H21N3O4S. The summed E-state index contributed by atoms with van der Waals surface area (Å²) in [5.41, 5.74) is 1.57. The van der Waals surface area contributed by atoms with Crippen LogP contribution in [0.5, 0.6) is 11.5 Å². The SMILES string of the molecule is C=CCn1c(SCC(=O)c2oc3ccccc3c2C)nnc1C1COc2ccccc2O1. The number of benzene rings is 2. The van der Waals surface area contributed by atoms with E-state index >= 15 is 0 Å². The number of furan rings is 1. The smallest absolute Gasteiger partial charge is 0.208 e. The topological polar surface area (TPSA) is 79.4 Å². The van der Waals surface area contributed by atoms with Crippen LogP contribution in [0.2, 0.25) is 0 Å². The summed E-state index contributed by atoms with van der Waals surface area (Å²) in [6, 6.07) is 15.2. The summed E-state index contributed by atoms with van der Waals surface area (Å²) >= 11 is 1.31. The number of carbonyl (C=O) groups is 1. The number of hydrogen-bond acceptors (Lipinski definition) is 7. The second-order valence-electron chi connectivity index (χ2n) is 7.37. The molecular weight excluding hydrogens is 426 g/mol. The van der Waals surface area contributed by atoms with Crippen LogP contribution in [0.1, 0.15) is 28.0 Å². The Balaban J connectivity index is 1.35. The fraction of sp³-hybridized carbons (Fsp3) is 0.208. The highest BCUT2D eigenvalue weighted by Crippen LogP contribution is 2.36. The van der Waals surface area contributed by atoms with E-state index in [4.69, 9.17) is 13.9 Å². The number of hydrogen-bond donors (Lipinski definition) is 0. The highest BCUT2D eigenvalue weighted by atomic mass is 32.2. The minimum Gasteiger partial charge on any atom is -0.485 e. The number of Topliss-reactive ketones (excluding diaryl/α,β-unsaturated/α-hetero) is 1. The van der Waals surface area contributed by atoms with Gasteiger partial charge in [0.2, 0.25) is 5.78 Å². The van der Waals surface area contributed by atoms with Gasteiger partial charge < -0.3 is 13.9 Å². The monoisotopic (exact) mass is 447 g/mol. The van der Waals surface area contributed by atoms with Crippen LogP contribution in [0.4, 0.5) is 0 Å². The summed E-state index contributed by atoms with van der Waals surface area (Å²) in [6.45, 7) is 6.56. The Kier molecular flexibility index (Phi) is 5.45. The minimum absolute atomic E-state index is 0.0930. The van der Waals surface area contributed by atoms with Crippen LogP contribution in [0.3, 0.4) is 0 Å². The molecule has 2 aromatic heterocycles. The maximum absolute atomic E-state index is 12.9. The van der Waals surface area contributed by atoms with E-state index in [0.29, 0.717) is 47.0 Å². The summed E-state index contributed by atoms with van der Waals surface area (Å²) in [5, 5.41) is 10.2. The van der Waals surface area contributed by atoms with Gasteiger partial charge in [0.25, 0.3) is 0 Å². The first-order valence-corrected chi connectivity index (χ1v) is 11.2. The minimum atomic E-state index is -0.403. The van der Waals surface area contributed by atoms with Crippen molar-refractivity contribution in [1.82, 2.24) is 14.8 Å². The maximum atomic E-state index is 12.9. The van der Waals surface area contributed by atoms with Gasteiger partial charge in [-0.25, -0.2) is 0 Å². The lowest BCUT2D eigenvalue weighted by Gasteiger charge is -2.26. The molecule has 1 atom stereocenters. The Morgan fingerprint density at radius 1 is 1.19 bits per heavy atom. The quantitative estimate of drug-likeness (QED) is 0.224. The number of ketones is 1. The number of aromatic nitrogens is 3. The van der Waals surface area contributed by atoms with E-state index in [2.05, 4.69) is 16.8 Å². The van der Waals surface area contributed by atoms with Gasteiger partial charge >= 0.3 is 0 Å². The van der Waals surface area contributed by atoms with Crippen molar-refractivity contribution in [3.8, 4) is 11.5 Å². The maximum Gasteiger partial charge on any atom is 0.208 e. The first-order valence-electron chi connectivity index (χ1n) is 10.2. The Bertz CT molecular complexity index is 1310. The Hall–Kier alpha value is -3.52. The van der Waals surface area contributed by atoms with Gasteiger partial charge in [0.05, 0.1) is 5.75 Å². The molecule has 1 unspecified atom stereocenters. The first-order chi connectivity index (χ1) is 15.7. The molecule has 0 saturated carbocycles. The van der Waals surface area contributed by atoms with Crippen molar-refractivity contribution < 1.29 is 18.7 Å². The molecule has 0 saturated heterocycles. The molecule has 2 aromatic carbocycles. The number of fused-ring (bicyclic) bond motifs is 2. The number of thioether (sulfide) groups is 1. The number of carbonyl (C=O) groups excluding carboxylic acids is 1. The Morgan fingerprint density at radius 3 is 2.78 bits per heavy atom. The van der Waals surface area contributed by atoms with E-state index in [0.717, 1.165) is 10.9 Å². The van der Waals surface area contributed by atoms with Gasteiger partial charge in [-0.1, -0.05) is 48.2 Å². The van der Waals surface area contributed by atoms with Crippen molar-refractivity contribution in [3.05, 3.63) is 78.3 Å². The fourth-order valence-electron chi connectivity index (χ4n) is 3.73. The molecule has 0 aliphatic carbocycles. The normalized spacial score (nSPS) is 15.1. The molecule has 4 aromatic rings. The molecule has 1 aliphatic heterocycles. The first kappa shape index (κ1) is 20.4. The zero-order valence-electron chi connectivity index (χ0n) is 17.5. The van der Waals surface area contributed by atoms with E-state index in [1.807, 2.05) is 60.0 Å². The van der Waals surface area contributed by atoms with E-state index in [9.17, 15) is 4.79 Å². The lowest BCUT2D eigenvalue weighted by molar-refractivity contribution is 0.0821. The molecule has 32 heavy (non-hydrogen) atoms. The Labute approximate surface area is 189 Å². The highest BCUT2D eigenvalue weighted by molar-refractivity contribution is 7.99. The zero-order valence-corrected chi connectivity index (χ0v) is 18.3. The van der Waals surface area contributed by atoms with Crippen LogP contribution in [0.15, 0.2) is 70.8 Å². The van der Waals surface area contributed by atoms with Crippen LogP contribution >= 0.6 is 11.8 Å². The Morgan fingerprint density at radius 2 is 1.97 bits per heavy atom. The van der Waals surface area contributed by atoms with E-state index in [1.54, 1.807) is 6.08 Å². The van der Waals surface area contributed by atoms with Crippen molar-refractivity contribution >= 4 is 28.5 Å². The number of allylic oxidation sites excluding steroid dienone is 1. The van der Waals surface area contributed by atoms with Crippen molar-refractivity contribution in [2.45, 2.75) is 24.7 Å². The average molecular weight is 448 g/mol. The number of aryl methyl sites for hydroxylation is 1. The third-order valence-corrected chi connectivity index (χ3v) is 6.25. The largest absolute Gasteiger partial charge is 0.485 e. The van der Waals surface area contributed by atoms with Crippen molar-refractivity contribution in [2.24, 2.45) is 0 Å². The summed E-state index contributed by atoms with van der Waals surface area (Å²) in [5.74, 6) is 2.48. The van der Waals surface area contributed by atoms with Crippen LogP contribution in [-0.2, 0) is 6.54 Å². The third kappa shape index (κ3) is 3.67. The van der Waals surface area contributed by atoms with Gasteiger partial charge in [0.1, 0.15) is 12.2 Å². The number of rotatable bonds is 7. The molecule has 0 amide bonds. The molecule has 5 rings (SSSR count). The predicted molar refractivity (Wildman–Crippen MR) is 122 cm³/mol. The zero-order chi connectivity index (χ0) is 22.1. The summed E-state index contributed by atoms with van der Waals surface area (Å²) in [4.78, 5) is 12.9. The number of ether oxygens (including phenoxy) is 2. The van der Waals surface area contributed by atoms with Gasteiger partial charge in [-0.2, -0.15) is 0 Å². The van der Waals surface area contributed by atoms with E-state index in [1.165, 1.54) is 11.8 Å². The van der Waals surface area contributed by atoms with Gasteiger partial charge in [-0.15, -0.1) is 16.8 Å². The van der Waals surface area contributed by atoms with Gasteiger partial charge in [0.15, 0.2) is 34.3 Å². The molecule has 162 valence electrons. The molecule has 0 fully saturated rings. The number of nitrogens with zero attached hydrogens (tertiary/aromatic N) is 3. The van der Waals surface area contributed by atoms with Gasteiger partial charge in [-0.05, 0) is 25.1 Å².